The number of carbonyl (C=O) groups excluding carboxylic acids is 3. The second-order valence-corrected chi connectivity index (χ2v) is 12.7. The molecule has 4 amide bonds. The van der Waals surface area contributed by atoms with Gasteiger partial charge in [0, 0.05) is 55.7 Å². The first-order valence-electron chi connectivity index (χ1n) is 16.7. The van der Waals surface area contributed by atoms with Crippen LogP contribution in [0.3, 0.4) is 0 Å². The number of nitrogens with zero attached hydrogens (tertiary/aromatic N) is 2. The van der Waals surface area contributed by atoms with E-state index in [9.17, 15) is 19.5 Å². The summed E-state index contributed by atoms with van der Waals surface area (Å²) in [5.41, 5.74) is 1.78. The number of likely N-dealkylation sites (N-methyl/N-ethyl adjacent to an activating group) is 1. The van der Waals surface area contributed by atoms with Gasteiger partial charge >= 0.3 is 6.03 Å². The van der Waals surface area contributed by atoms with Crippen LogP contribution in [0.4, 0.5) is 16.2 Å². The number of rotatable bonds is 7. The van der Waals surface area contributed by atoms with Crippen molar-refractivity contribution in [2.24, 2.45) is 5.92 Å². The minimum Gasteiger partial charge on any atom is -0.490 e. The van der Waals surface area contributed by atoms with Crippen LogP contribution in [-0.4, -0.2) is 91.1 Å². The van der Waals surface area contributed by atoms with Crippen molar-refractivity contribution in [3.05, 3.63) is 77.9 Å². The molecule has 0 unspecified atom stereocenters. The van der Waals surface area contributed by atoms with E-state index < -0.39 is 12.1 Å². The van der Waals surface area contributed by atoms with Crippen molar-refractivity contribution >= 4 is 29.2 Å². The number of anilines is 2. The van der Waals surface area contributed by atoms with Crippen LogP contribution in [0.5, 0.6) is 17.2 Å². The summed E-state index contributed by atoms with van der Waals surface area (Å²) in [6, 6.07) is 18.2. The zero-order chi connectivity index (χ0) is 34.9. The predicted molar refractivity (Wildman–Crippen MR) is 185 cm³/mol. The first-order chi connectivity index (χ1) is 23.6. The lowest BCUT2D eigenvalue weighted by molar-refractivity contribution is -0.0115. The van der Waals surface area contributed by atoms with Crippen molar-refractivity contribution in [2.45, 2.75) is 58.3 Å². The highest BCUT2D eigenvalue weighted by atomic mass is 16.7. The van der Waals surface area contributed by atoms with E-state index in [0.29, 0.717) is 40.8 Å². The third-order valence-electron chi connectivity index (χ3n) is 8.77. The maximum atomic E-state index is 14.4. The molecule has 0 fully saturated rings. The Labute approximate surface area is 287 Å². The van der Waals surface area contributed by atoms with Crippen molar-refractivity contribution in [1.82, 2.24) is 9.80 Å². The van der Waals surface area contributed by atoms with Gasteiger partial charge in [-0.1, -0.05) is 25.1 Å². The molecule has 3 N–H and O–H groups in total. The Bertz CT molecular complexity index is 1600. The fourth-order valence-electron chi connectivity index (χ4n) is 5.80. The number of amides is 4. The summed E-state index contributed by atoms with van der Waals surface area (Å²) in [6.45, 7) is 6.56. The molecule has 0 radical (unpaired) electrons. The van der Waals surface area contributed by atoms with E-state index in [1.165, 1.54) is 0 Å². The van der Waals surface area contributed by atoms with Gasteiger partial charge in [-0.15, -0.1) is 0 Å². The largest absolute Gasteiger partial charge is 0.490 e. The number of hydrogen-bond donors (Lipinski definition) is 3. The second-order valence-electron chi connectivity index (χ2n) is 12.7. The minimum absolute atomic E-state index is 0.140. The molecule has 49 heavy (non-hydrogen) atoms. The Balaban J connectivity index is 1.36. The molecule has 3 aromatic rings. The molecule has 0 saturated carbocycles. The lowest BCUT2D eigenvalue weighted by Crippen LogP contribution is -2.48. The van der Waals surface area contributed by atoms with Crippen molar-refractivity contribution in [3.63, 3.8) is 0 Å². The first-order valence-corrected chi connectivity index (χ1v) is 16.7. The highest BCUT2D eigenvalue weighted by Crippen LogP contribution is 2.34. The number of benzene rings is 3. The van der Waals surface area contributed by atoms with E-state index in [4.69, 9.17) is 18.9 Å². The molecule has 3 aromatic carbocycles. The predicted octanol–water partition coefficient (Wildman–Crippen LogP) is 5.63. The van der Waals surface area contributed by atoms with Gasteiger partial charge in [0.1, 0.15) is 5.75 Å². The van der Waals surface area contributed by atoms with E-state index in [2.05, 4.69) is 10.6 Å². The van der Waals surface area contributed by atoms with Crippen LogP contribution in [0.15, 0.2) is 66.7 Å². The maximum absolute atomic E-state index is 14.4. The van der Waals surface area contributed by atoms with E-state index in [1.54, 1.807) is 84.4 Å². The summed E-state index contributed by atoms with van der Waals surface area (Å²) < 4.78 is 23.5. The van der Waals surface area contributed by atoms with Gasteiger partial charge in [-0.2, -0.15) is 0 Å². The van der Waals surface area contributed by atoms with Gasteiger partial charge in [-0.05, 0) is 75.6 Å². The zero-order valence-electron chi connectivity index (χ0n) is 28.5. The summed E-state index contributed by atoms with van der Waals surface area (Å²) in [6.07, 6.45) is 1.75. The molecule has 2 aliphatic heterocycles. The Morgan fingerprint density at radius 1 is 0.959 bits per heavy atom. The van der Waals surface area contributed by atoms with Gasteiger partial charge in [0.05, 0.1) is 30.4 Å². The normalized spacial score (nSPS) is 20.3. The average Bonchev–Trinajstić information content (AvgIpc) is 3.58. The lowest BCUT2D eigenvalue weighted by Gasteiger charge is -2.35. The minimum atomic E-state index is -0.539. The van der Waals surface area contributed by atoms with Gasteiger partial charge in [-0.3, -0.25) is 9.59 Å². The number of carbonyl (C=O) groups is 3. The molecule has 0 bridgehead atoms. The molecule has 5 rings (SSSR count). The van der Waals surface area contributed by atoms with Crippen molar-refractivity contribution in [3.8, 4) is 17.2 Å². The summed E-state index contributed by atoms with van der Waals surface area (Å²) >= 11 is 0. The Morgan fingerprint density at radius 2 is 1.67 bits per heavy atom. The average molecular weight is 675 g/mol. The molecule has 262 valence electrons. The first kappa shape index (κ1) is 35.5. The van der Waals surface area contributed by atoms with E-state index in [1.807, 2.05) is 19.9 Å². The molecule has 2 heterocycles. The van der Waals surface area contributed by atoms with Crippen molar-refractivity contribution in [1.29, 1.82) is 0 Å². The van der Waals surface area contributed by atoms with Gasteiger partial charge in [0.15, 0.2) is 11.5 Å². The van der Waals surface area contributed by atoms with Crippen LogP contribution < -0.4 is 24.8 Å². The standard InChI is InChI=1S/C37H46N4O8/c1-24-20-41(25(2)22-42)36(44)30-18-28(38-35(43)27-11-6-5-7-12-27)13-15-31(30)49-26(3)10-8-9-17-46-34(24)21-40(4)37(45)39-29-14-16-32-33(19-29)48-23-47-32/h5-7,11-16,18-19,24-26,34,42H,8-10,17,20-23H2,1-4H3,(H,38,43)(H,39,45)/t24-,25-,26+,34+/m1/s1. The molecule has 12 heteroatoms. The molecule has 0 aliphatic carbocycles. The second kappa shape index (κ2) is 16.5. The fourth-order valence-corrected chi connectivity index (χ4v) is 5.80. The summed E-state index contributed by atoms with van der Waals surface area (Å²) in [4.78, 5) is 43.7. The Kier molecular flexibility index (Phi) is 12.0. The number of urea groups is 1. The third-order valence-corrected chi connectivity index (χ3v) is 8.77. The van der Waals surface area contributed by atoms with Crippen LogP contribution in [0, 0.1) is 5.92 Å². The van der Waals surface area contributed by atoms with E-state index in [-0.39, 0.29) is 61.9 Å². The maximum Gasteiger partial charge on any atom is 0.321 e. The summed E-state index contributed by atoms with van der Waals surface area (Å²) in [5.74, 6) is 0.716. The molecule has 0 saturated heterocycles. The molecule has 0 aromatic heterocycles. The Morgan fingerprint density at radius 3 is 2.43 bits per heavy atom. The quantitative estimate of drug-likeness (QED) is 0.293. The SMILES string of the molecule is C[C@@H]1CN([C@H](C)CO)C(=O)c2cc(NC(=O)c3ccccc3)ccc2O[C@@H](C)CCCCO[C@H]1CN(C)C(=O)Nc1ccc2c(c1)OCO2. The Hall–Kier alpha value is -4.81. The smallest absolute Gasteiger partial charge is 0.321 e. The van der Waals surface area contributed by atoms with Crippen LogP contribution in [-0.2, 0) is 4.74 Å². The number of ether oxygens (including phenoxy) is 4. The molecule has 0 spiro atoms. The van der Waals surface area contributed by atoms with Crippen LogP contribution >= 0.6 is 0 Å². The van der Waals surface area contributed by atoms with Crippen LogP contribution in [0.25, 0.3) is 0 Å². The zero-order valence-corrected chi connectivity index (χ0v) is 28.5. The van der Waals surface area contributed by atoms with E-state index >= 15 is 0 Å². The summed E-state index contributed by atoms with van der Waals surface area (Å²) in [7, 11) is 1.70. The van der Waals surface area contributed by atoms with Crippen molar-refractivity contribution < 1.29 is 38.4 Å². The highest BCUT2D eigenvalue weighted by molar-refractivity contribution is 6.05. The monoisotopic (exact) mass is 674 g/mol. The molecular weight excluding hydrogens is 628 g/mol. The molecular formula is C37H46N4O8. The van der Waals surface area contributed by atoms with Crippen LogP contribution in [0.2, 0.25) is 0 Å². The number of nitrogens with one attached hydrogen (secondary N) is 2. The third kappa shape index (κ3) is 9.21. The molecule has 2 aliphatic rings. The molecule has 12 nitrogen and oxygen atoms in total. The number of fused-ring (bicyclic) bond motifs is 2. The van der Waals surface area contributed by atoms with Gasteiger partial charge in [-0.25, -0.2) is 4.79 Å². The fraction of sp³-hybridized carbons (Fsp3) is 0.432. The number of aliphatic hydroxyl groups is 1. The van der Waals surface area contributed by atoms with Gasteiger partial charge in [0.25, 0.3) is 11.8 Å². The van der Waals surface area contributed by atoms with Crippen molar-refractivity contribution in [2.75, 3.05) is 50.8 Å². The molecule has 4 atom stereocenters. The van der Waals surface area contributed by atoms with Gasteiger partial charge in [0.2, 0.25) is 6.79 Å². The lowest BCUT2D eigenvalue weighted by atomic mass is 10.0. The van der Waals surface area contributed by atoms with E-state index in [0.717, 1.165) is 19.3 Å². The number of aliphatic hydroxyl groups excluding tert-OH is 1. The van der Waals surface area contributed by atoms with Gasteiger partial charge < -0.3 is 44.5 Å². The highest BCUT2D eigenvalue weighted by Gasteiger charge is 2.31. The van der Waals surface area contributed by atoms with Crippen LogP contribution in [0.1, 0.15) is 60.7 Å². The number of hydrogen-bond acceptors (Lipinski definition) is 8. The topological polar surface area (TPSA) is 139 Å². The summed E-state index contributed by atoms with van der Waals surface area (Å²) in [5, 5.41) is 16.0.